The summed E-state index contributed by atoms with van der Waals surface area (Å²) in [6.45, 7) is -0.936. The third-order valence-corrected chi connectivity index (χ3v) is 7.52. The lowest BCUT2D eigenvalue weighted by molar-refractivity contribution is -0.121. The van der Waals surface area contributed by atoms with Gasteiger partial charge in [0.1, 0.15) is 6.61 Å². The Morgan fingerprint density at radius 1 is 0.700 bits per heavy atom. The molecule has 50 heavy (non-hydrogen) atoms. The summed E-state index contributed by atoms with van der Waals surface area (Å²) in [6.07, 6.45) is 3.11. The number of benzene rings is 3. The van der Waals surface area contributed by atoms with Crippen molar-refractivity contribution in [2.24, 2.45) is 0 Å². The van der Waals surface area contributed by atoms with Crippen LogP contribution in [-0.4, -0.2) is 60.3 Å². The first-order chi connectivity index (χ1) is 23.6. The predicted octanol–water partition coefficient (Wildman–Crippen LogP) is 5.64. The quantitative estimate of drug-likeness (QED) is 0.0744. The number of rotatable bonds is 16. The van der Waals surface area contributed by atoms with Gasteiger partial charge in [-0.05, 0) is 42.7 Å². The Hall–Kier alpha value is -4.52. The van der Waals surface area contributed by atoms with Gasteiger partial charge in [-0.15, -0.1) is 0 Å². The Labute approximate surface area is 287 Å². The van der Waals surface area contributed by atoms with Crippen molar-refractivity contribution in [3.63, 3.8) is 0 Å². The average Bonchev–Trinajstić information content (AvgIpc) is 3.06. The molecule has 0 heterocycles. The zero-order valence-corrected chi connectivity index (χ0v) is 27.6. The molecule has 0 aromatic heterocycles. The standard InChI is InChI=1S/C31H27F8N3O6S2/c1-49-12-23(44)40-10-16(41-24(45)13-50-2)3-4-22(43)42-17-6-14(11-47-29-25(36)18(32)8-19(33)26(29)37)5-15(7-17)31(46)48-30-27(38)20(34)9-21(35)28(30)39/h5-9,16H,3-4,10-13H2,1-2H3,(H,40,44)(H,41,45)(H,42,43). The minimum absolute atomic E-state index is 0.00339. The van der Waals surface area contributed by atoms with Gasteiger partial charge in [0.2, 0.25) is 46.7 Å². The molecule has 0 fully saturated rings. The molecule has 0 aliphatic rings. The van der Waals surface area contributed by atoms with Crippen LogP contribution in [0.2, 0.25) is 0 Å². The lowest BCUT2D eigenvalue weighted by Crippen LogP contribution is -2.45. The van der Waals surface area contributed by atoms with E-state index in [4.69, 9.17) is 4.74 Å². The first kappa shape index (κ1) is 39.9. The highest BCUT2D eigenvalue weighted by molar-refractivity contribution is 7.99. The number of ether oxygens (including phenoxy) is 2. The first-order valence-corrected chi connectivity index (χ1v) is 16.9. The Bertz CT molecular complexity index is 1720. The van der Waals surface area contributed by atoms with Crippen molar-refractivity contribution in [1.29, 1.82) is 0 Å². The van der Waals surface area contributed by atoms with E-state index in [1.807, 2.05) is 0 Å². The SMILES string of the molecule is CSCC(=O)NCC(CCC(=O)Nc1cc(COc2c(F)c(F)cc(F)c2F)cc(C(=O)Oc2c(F)c(F)cc(F)c2F)c1)NC(=O)CSC. The summed E-state index contributed by atoms with van der Waals surface area (Å²) < 4.78 is 121. The van der Waals surface area contributed by atoms with Crippen molar-refractivity contribution < 1.29 is 63.8 Å². The van der Waals surface area contributed by atoms with Gasteiger partial charge in [-0.1, -0.05) is 0 Å². The molecule has 9 nitrogen and oxygen atoms in total. The highest BCUT2D eigenvalue weighted by Crippen LogP contribution is 2.30. The fourth-order valence-corrected chi connectivity index (χ4v) is 4.87. The predicted molar refractivity (Wildman–Crippen MR) is 168 cm³/mol. The van der Waals surface area contributed by atoms with Gasteiger partial charge in [0.05, 0.1) is 17.1 Å². The van der Waals surface area contributed by atoms with Crippen molar-refractivity contribution in [2.45, 2.75) is 25.5 Å². The normalized spacial score (nSPS) is 11.5. The number of anilines is 1. The van der Waals surface area contributed by atoms with Crippen LogP contribution in [0.1, 0.15) is 28.8 Å². The largest absolute Gasteiger partial charge is 0.483 e. The Balaban J connectivity index is 1.88. The molecule has 3 aromatic carbocycles. The molecule has 3 rings (SSSR count). The molecule has 0 saturated carbocycles. The summed E-state index contributed by atoms with van der Waals surface area (Å²) in [6, 6.07) is 1.97. The van der Waals surface area contributed by atoms with Gasteiger partial charge in [-0.25, -0.2) is 22.4 Å². The highest BCUT2D eigenvalue weighted by Gasteiger charge is 2.25. The van der Waals surface area contributed by atoms with E-state index < -0.39 is 88.1 Å². The minimum Gasteiger partial charge on any atom is -0.483 e. The maximum Gasteiger partial charge on any atom is 0.343 e. The zero-order valence-electron chi connectivity index (χ0n) is 26.0. The van der Waals surface area contributed by atoms with Crippen molar-refractivity contribution >= 4 is 52.9 Å². The lowest BCUT2D eigenvalue weighted by Gasteiger charge is -2.19. The second-order valence-electron chi connectivity index (χ2n) is 10.2. The summed E-state index contributed by atoms with van der Waals surface area (Å²) in [5.41, 5.74) is -1.13. The molecular formula is C31H27F8N3O6S2. The number of halogens is 8. The van der Waals surface area contributed by atoms with Gasteiger partial charge in [-0.3, -0.25) is 14.4 Å². The van der Waals surface area contributed by atoms with Crippen LogP contribution in [0.25, 0.3) is 0 Å². The van der Waals surface area contributed by atoms with Crippen molar-refractivity contribution in [3.8, 4) is 11.5 Å². The maximum absolute atomic E-state index is 14.2. The van der Waals surface area contributed by atoms with E-state index in [-0.39, 0.29) is 66.1 Å². The smallest absolute Gasteiger partial charge is 0.343 e. The fourth-order valence-electron chi connectivity index (χ4n) is 4.16. The number of amides is 3. The molecule has 0 spiro atoms. The van der Waals surface area contributed by atoms with Crippen LogP contribution in [0.15, 0.2) is 30.3 Å². The van der Waals surface area contributed by atoms with Crippen LogP contribution in [-0.2, 0) is 21.0 Å². The molecule has 270 valence electrons. The number of carbonyl (C=O) groups is 4. The number of nitrogens with one attached hydrogen (secondary N) is 3. The Kier molecular flexibility index (Phi) is 14.7. The molecule has 1 atom stereocenters. The fraction of sp³-hybridized carbons (Fsp3) is 0.290. The number of esters is 1. The molecule has 0 bridgehead atoms. The molecule has 0 aliphatic carbocycles. The van der Waals surface area contributed by atoms with Crippen LogP contribution < -0.4 is 25.4 Å². The molecule has 1 unspecified atom stereocenters. The summed E-state index contributed by atoms with van der Waals surface area (Å²) in [4.78, 5) is 49.9. The monoisotopic (exact) mass is 753 g/mol. The highest BCUT2D eigenvalue weighted by atomic mass is 32.2. The molecule has 3 aromatic rings. The van der Waals surface area contributed by atoms with Crippen LogP contribution in [0.4, 0.5) is 40.8 Å². The second-order valence-corrected chi connectivity index (χ2v) is 11.9. The van der Waals surface area contributed by atoms with E-state index in [1.165, 1.54) is 23.5 Å². The zero-order chi connectivity index (χ0) is 37.1. The summed E-state index contributed by atoms with van der Waals surface area (Å²) in [7, 11) is 0. The van der Waals surface area contributed by atoms with Gasteiger partial charge >= 0.3 is 5.97 Å². The third-order valence-electron chi connectivity index (χ3n) is 6.41. The Morgan fingerprint density at radius 3 is 1.80 bits per heavy atom. The summed E-state index contributed by atoms with van der Waals surface area (Å²) >= 11 is 2.50. The van der Waals surface area contributed by atoms with Crippen molar-refractivity contribution in [3.05, 3.63) is 88.0 Å². The van der Waals surface area contributed by atoms with Gasteiger partial charge < -0.3 is 25.4 Å². The van der Waals surface area contributed by atoms with Crippen LogP contribution in [0, 0.1) is 46.5 Å². The van der Waals surface area contributed by atoms with Crippen LogP contribution >= 0.6 is 23.5 Å². The van der Waals surface area contributed by atoms with Gasteiger partial charge in [0, 0.05) is 36.8 Å². The van der Waals surface area contributed by atoms with E-state index in [9.17, 15) is 54.3 Å². The molecular weight excluding hydrogens is 726 g/mol. The van der Waals surface area contributed by atoms with Crippen LogP contribution in [0.5, 0.6) is 11.5 Å². The number of thioether (sulfide) groups is 2. The summed E-state index contributed by atoms with van der Waals surface area (Å²) in [5.74, 6) is -21.2. The minimum atomic E-state index is -2.05. The third kappa shape index (κ3) is 11.0. The first-order valence-electron chi connectivity index (χ1n) is 14.1. The number of hydrogen-bond acceptors (Lipinski definition) is 8. The number of carbonyl (C=O) groups excluding carboxylic acids is 4. The van der Waals surface area contributed by atoms with Gasteiger partial charge in [0.25, 0.3) is 0 Å². The second kappa shape index (κ2) is 18.5. The van der Waals surface area contributed by atoms with E-state index in [2.05, 4.69) is 20.7 Å². The average molecular weight is 754 g/mol. The Morgan fingerprint density at radius 2 is 1.24 bits per heavy atom. The van der Waals surface area contributed by atoms with Crippen molar-refractivity contribution in [1.82, 2.24) is 10.6 Å². The van der Waals surface area contributed by atoms with E-state index in [0.717, 1.165) is 18.2 Å². The molecule has 0 radical (unpaired) electrons. The summed E-state index contributed by atoms with van der Waals surface area (Å²) in [5, 5.41) is 7.71. The molecule has 0 aliphatic heterocycles. The molecule has 3 amide bonds. The molecule has 3 N–H and O–H groups in total. The topological polar surface area (TPSA) is 123 Å². The van der Waals surface area contributed by atoms with E-state index in [0.29, 0.717) is 0 Å². The lowest BCUT2D eigenvalue weighted by atomic mass is 10.1. The van der Waals surface area contributed by atoms with E-state index in [1.54, 1.807) is 12.5 Å². The molecule has 19 heteroatoms. The van der Waals surface area contributed by atoms with Gasteiger partial charge in [-0.2, -0.15) is 41.1 Å². The number of hydrogen-bond donors (Lipinski definition) is 3. The van der Waals surface area contributed by atoms with Crippen molar-refractivity contribution in [2.75, 3.05) is 35.9 Å². The van der Waals surface area contributed by atoms with Crippen LogP contribution in [0.3, 0.4) is 0 Å². The molecule has 0 saturated heterocycles. The van der Waals surface area contributed by atoms with Gasteiger partial charge in [0.15, 0.2) is 29.0 Å². The maximum atomic E-state index is 14.2. The van der Waals surface area contributed by atoms with E-state index >= 15 is 0 Å².